The van der Waals surface area contributed by atoms with Crippen LogP contribution in [0.5, 0.6) is 0 Å². The van der Waals surface area contributed by atoms with Crippen molar-refractivity contribution in [3.63, 3.8) is 0 Å². The third-order valence-corrected chi connectivity index (χ3v) is 6.69. The van der Waals surface area contributed by atoms with E-state index in [2.05, 4.69) is 44.3 Å². The van der Waals surface area contributed by atoms with E-state index >= 15 is 0 Å². The summed E-state index contributed by atoms with van der Waals surface area (Å²) >= 11 is 1.64. The molecule has 148 valence electrons. The van der Waals surface area contributed by atoms with Crippen molar-refractivity contribution < 1.29 is 9.21 Å². The zero-order chi connectivity index (χ0) is 19.8. The number of nitriles is 1. The minimum absolute atomic E-state index is 0.0197. The molecule has 0 radical (unpaired) electrons. The first-order chi connectivity index (χ1) is 14.1. The van der Waals surface area contributed by atoms with Crippen molar-refractivity contribution in [2.45, 2.75) is 44.9 Å². The number of fused-ring (bicyclic) bond motifs is 1. The molecule has 3 aromatic rings. The molecular formula is C21H21N5O2S. The van der Waals surface area contributed by atoms with Crippen LogP contribution in [0.4, 0.5) is 5.69 Å². The molecule has 0 N–H and O–H groups in total. The molecule has 0 unspecified atom stereocenters. The van der Waals surface area contributed by atoms with Crippen LogP contribution in [-0.4, -0.2) is 34.1 Å². The van der Waals surface area contributed by atoms with Gasteiger partial charge in [0.25, 0.3) is 0 Å². The van der Waals surface area contributed by atoms with Crippen LogP contribution in [0.2, 0.25) is 0 Å². The molecule has 2 aromatic heterocycles. The molecule has 3 heterocycles. The molecule has 0 spiro atoms. The molecule has 29 heavy (non-hydrogen) atoms. The summed E-state index contributed by atoms with van der Waals surface area (Å²) in [6, 6.07) is 8.67. The fourth-order valence-corrected chi connectivity index (χ4v) is 4.85. The van der Waals surface area contributed by atoms with Crippen molar-refractivity contribution in [2.75, 3.05) is 18.0 Å². The lowest BCUT2D eigenvalue weighted by atomic mass is 10.00. The molecule has 0 amide bonds. The van der Waals surface area contributed by atoms with E-state index in [1.807, 2.05) is 0 Å². The van der Waals surface area contributed by atoms with Gasteiger partial charge in [0, 0.05) is 25.2 Å². The lowest BCUT2D eigenvalue weighted by Crippen LogP contribution is -2.17. The molecule has 0 bridgehead atoms. The minimum atomic E-state index is -0.436. The standard InChI is InChI=1S/C21H21N5O2S/c22-13-21(5-6-21)12-15(27)10-18-24-25-19(28-18)11-20-23-16-4-3-14(9-17(16)29-20)26-7-1-2-8-26/h3-4,9H,1-2,5-8,10-12H2. The van der Waals surface area contributed by atoms with Gasteiger partial charge >= 0.3 is 0 Å². The molecule has 2 aliphatic rings. The maximum absolute atomic E-state index is 12.2. The minimum Gasteiger partial charge on any atom is -0.424 e. The van der Waals surface area contributed by atoms with Gasteiger partial charge in [-0.25, -0.2) is 4.98 Å². The average molecular weight is 407 g/mol. The quantitative estimate of drug-likeness (QED) is 0.589. The predicted molar refractivity (Wildman–Crippen MR) is 109 cm³/mol. The Morgan fingerprint density at radius 1 is 1.24 bits per heavy atom. The third kappa shape index (κ3) is 3.87. The second kappa shape index (κ2) is 7.23. The molecule has 1 aliphatic carbocycles. The van der Waals surface area contributed by atoms with Crippen LogP contribution >= 0.6 is 11.3 Å². The second-order valence-electron chi connectivity index (χ2n) is 8.00. The lowest BCUT2D eigenvalue weighted by molar-refractivity contribution is -0.119. The van der Waals surface area contributed by atoms with Gasteiger partial charge in [-0.2, -0.15) is 5.26 Å². The molecule has 0 atom stereocenters. The van der Waals surface area contributed by atoms with E-state index in [-0.39, 0.29) is 18.6 Å². The van der Waals surface area contributed by atoms with Crippen LogP contribution in [0.3, 0.4) is 0 Å². The van der Waals surface area contributed by atoms with Gasteiger partial charge in [0.15, 0.2) is 0 Å². The molecular weight excluding hydrogens is 386 g/mol. The number of nitrogens with zero attached hydrogens (tertiary/aromatic N) is 5. The van der Waals surface area contributed by atoms with Gasteiger partial charge in [-0.3, -0.25) is 4.79 Å². The van der Waals surface area contributed by atoms with Gasteiger partial charge in [-0.15, -0.1) is 21.5 Å². The Morgan fingerprint density at radius 3 is 2.79 bits per heavy atom. The summed E-state index contributed by atoms with van der Waals surface area (Å²) in [4.78, 5) is 19.3. The zero-order valence-electron chi connectivity index (χ0n) is 16.1. The van der Waals surface area contributed by atoms with E-state index in [9.17, 15) is 4.79 Å². The highest BCUT2D eigenvalue weighted by atomic mass is 32.1. The first kappa shape index (κ1) is 18.3. The van der Waals surface area contributed by atoms with Gasteiger partial charge in [0.05, 0.1) is 34.5 Å². The molecule has 2 fully saturated rings. The Labute approximate surface area is 172 Å². The maximum Gasteiger partial charge on any atom is 0.223 e. The fraction of sp³-hybridized carbons (Fsp3) is 0.476. The summed E-state index contributed by atoms with van der Waals surface area (Å²) < 4.78 is 6.82. The van der Waals surface area contributed by atoms with Gasteiger partial charge in [-0.05, 0) is 43.9 Å². The van der Waals surface area contributed by atoms with Crippen molar-refractivity contribution in [2.24, 2.45) is 5.41 Å². The number of carbonyl (C=O) groups is 1. The summed E-state index contributed by atoms with van der Waals surface area (Å²) in [5, 5.41) is 18.1. The summed E-state index contributed by atoms with van der Waals surface area (Å²) in [6.45, 7) is 2.24. The fourth-order valence-electron chi connectivity index (χ4n) is 3.86. The number of rotatable bonds is 7. The van der Waals surface area contributed by atoms with Crippen LogP contribution < -0.4 is 4.90 Å². The van der Waals surface area contributed by atoms with E-state index in [1.54, 1.807) is 11.3 Å². The number of carbonyl (C=O) groups excluding carboxylic acids is 1. The molecule has 1 saturated heterocycles. The molecule has 1 aliphatic heterocycles. The Hall–Kier alpha value is -2.79. The van der Waals surface area contributed by atoms with Gasteiger partial charge in [0.2, 0.25) is 11.8 Å². The average Bonchev–Trinajstić information content (AvgIpc) is 3.13. The SMILES string of the molecule is N#CC1(CC(=O)Cc2nnc(Cc3nc4ccc(N5CCCC5)cc4s3)o2)CC1. The Kier molecular flexibility index (Phi) is 4.55. The van der Waals surface area contributed by atoms with Crippen molar-refractivity contribution in [1.82, 2.24) is 15.2 Å². The number of benzene rings is 1. The Morgan fingerprint density at radius 2 is 2.03 bits per heavy atom. The van der Waals surface area contributed by atoms with Gasteiger partial charge in [-0.1, -0.05) is 0 Å². The summed E-state index contributed by atoms with van der Waals surface area (Å²) in [5.41, 5.74) is 1.80. The van der Waals surface area contributed by atoms with Crippen LogP contribution in [-0.2, 0) is 17.6 Å². The number of hydrogen-bond acceptors (Lipinski definition) is 8. The van der Waals surface area contributed by atoms with Gasteiger partial charge in [0.1, 0.15) is 10.8 Å². The normalized spacial score (nSPS) is 17.6. The van der Waals surface area contributed by atoms with E-state index in [1.165, 1.54) is 18.5 Å². The van der Waals surface area contributed by atoms with E-state index in [0.29, 0.717) is 18.2 Å². The second-order valence-corrected chi connectivity index (χ2v) is 9.12. The molecule has 7 nitrogen and oxygen atoms in total. The molecule has 1 saturated carbocycles. The number of hydrogen-bond donors (Lipinski definition) is 0. The van der Waals surface area contributed by atoms with E-state index in [4.69, 9.17) is 9.68 Å². The molecule has 5 rings (SSSR count). The third-order valence-electron chi connectivity index (χ3n) is 5.67. The topological polar surface area (TPSA) is 95.9 Å². The van der Waals surface area contributed by atoms with Crippen molar-refractivity contribution >= 4 is 33.0 Å². The highest BCUT2D eigenvalue weighted by Gasteiger charge is 2.44. The Balaban J connectivity index is 1.25. The number of ketones is 1. The molecule has 8 heteroatoms. The van der Waals surface area contributed by atoms with Crippen LogP contribution in [0.1, 0.15) is 48.9 Å². The number of anilines is 1. The van der Waals surface area contributed by atoms with Crippen LogP contribution in [0.25, 0.3) is 10.2 Å². The summed E-state index contributed by atoms with van der Waals surface area (Å²) in [7, 11) is 0. The Bertz CT molecular complexity index is 1100. The van der Waals surface area contributed by atoms with E-state index < -0.39 is 5.41 Å². The van der Waals surface area contributed by atoms with Crippen LogP contribution in [0.15, 0.2) is 22.6 Å². The largest absolute Gasteiger partial charge is 0.424 e. The highest BCUT2D eigenvalue weighted by Crippen LogP contribution is 2.48. The van der Waals surface area contributed by atoms with Crippen molar-refractivity contribution in [3.05, 3.63) is 35.0 Å². The van der Waals surface area contributed by atoms with E-state index in [0.717, 1.165) is 41.2 Å². The monoisotopic (exact) mass is 407 g/mol. The summed E-state index contributed by atoms with van der Waals surface area (Å²) in [5.74, 6) is 0.762. The van der Waals surface area contributed by atoms with Crippen LogP contribution in [0, 0.1) is 16.7 Å². The number of Topliss-reactive ketones (excluding diaryl/α,β-unsaturated/α-hetero) is 1. The van der Waals surface area contributed by atoms with Gasteiger partial charge < -0.3 is 9.32 Å². The predicted octanol–water partition coefficient (Wildman–Crippen LogP) is 3.68. The first-order valence-corrected chi connectivity index (χ1v) is 10.8. The highest BCUT2D eigenvalue weighted by molar-refractivity contribution is 7.18. The lowest BCUT2D eigenvalue weighted by Gasteiger charge is -2.16. The first-order valence-electron chi connectivity index (χ1n) is 10.0. The summed E-state index contributed by atoms with van der Waals surface area (Å²) in [6.07, 6.45) is 4.95. The smallest absolute Gasteiger partial charge is 0.223 e. The number of aromatic nitrogens is 3. The number of thiazole rings is 1. The molecule has 1 aromatic carbocycles. The maximum atomic E-state index is 12.2. The van der Waals surface area contributed by atoms with Crippen molar-refractivity contribution in [3.8, 4) is 6.07 Å². The van der Waals surface area contributed by atoms with Crippen molar-refractivity contribution in [1.29, 1.82) is 5.26 Å². The zero-order valence-corrected chi connectivity index (χ0v) is 16.9.